The predicted molar refractivity (Wildman–Crippen MR) is 67.7 cm³/mol. The molecule has 188 valence electrons. The molecule has 20 heteroatoms. The minimum Gasteiger partial charge on any atom is -0.351 e. The van der Waals surface area contributed by atoms with Crippen molar-refractivity contribution in [2.75, 3.05) is 13.2 Å². The van der Waals surface area contributed by atoms with Crippen LogP contribution in [0.2, 0.25) is 0 Å². The molecule has 0 aliphatic carbocycles. The van der Waals surface area contributed by atoms with Gasteiger partial charge in [0.25, 0.3) is 11.8 Å². The lowest BCUT2D eigenvalue weighted by Crippen LogP contribution is -2.66. The molecule has 0 aromatic rings. The third-order valence-corrected chi connectivity index (χ3v) is 3.57. The molecule has 1 saturated heterocycles. The van der Waals surface area contributed by atoms with Crippen LogP contribution in [0.25, 0.3) is 0 Å². The Morgan fingerprint density at radius 2 is 0.812 bits per heavy atom. The van der Waals surface area contributed by atoms with E-state index in [1.165, 1.54) is 0 Å². The zero-order valence-electron chi connectivity index (χ0n) is 14.5. The molecule has 0 bridgehead atoms. The lowest BCUT2D eigenvalue weighted by molar-refractivity contribution is -0.345. The van der Waals surface area contributed by atoms with E-state index < -0.39 is 73.5 Å². The molecule has 0 aromatic heterocycles. The first-order valence-electron chi connectivity index (χ1n) is 7.51. The maximum Gasteiger partial charge on any atom is 0.460 e. The van der Waals surface area contributed by atoms with Crippen LogP contribution >= 0.6 is 0 Å². The predicted octanol–water partition coefficient (Wildman–Crippen LogP) is 2.58. The Hall–Kier alpha value is -2.12. The van der Waals surface area contributed by atoms with Crippen LogP contribution in [-0.4, -0.2) is 73.5 Å². The highest BCUT2D eigenvalue weighted by Gasteiger charge is 2.77. The van der Waals surface area contributed by atoms with E-state index in [9.17, 15) is 71.1 Å². The summed E-state index contributed by atoms with van der Waals surface area (Å²) in [5.74, 6) is -33.9. The molecule has 2 amide bonds. The summed E-state index contributed by atoms with van der Waals surface area (Å²) in [6.07, 6.45) is -19.5. The topological polar surface area (TPSA) is 76.7 Å². The number of carbonyl (C=O) groups is 2. The Morgan fingerprint density at radius 3 is 1.03 bits per heavy atom. The number of halogens is 14. The van der Waals surface area contributed by atoms with E-state index in [1.54, 1.807) is 0 Å². The number of hydrogen-bond donors (Lipinski definition) is 2. The molecule has 1 heterocycles. The molecule has 1 aliphatic heterocycles. The van der Waals surface area contributed by atoms with Crippen molar-refractivity contribution in [1.82, 2.24) is 10.6 Å². The van der Waals surface area contributed by atoms with Gasteiger partial charge >= 0.3 is 36.0 Å². The minimum atomic E-state index is -6.97. The molecule has 2 N–H and O–H groups in total. The van der Waals surface area contributed by atoms with Gasteiger partial charge in [0.15, 0.2) is 12.5 Å². The number of ether oxygens (including phenoxy) is 2. The summed E-state index contributed by atoms with van der Waals surface area (Å²) < 4.78 is 186. The SMILES string of the molecule is O=C(N[C@@H]1OCCO[C@H]1NC(=O)C(F)(F)C(F)(F)C(F)(F)F)C(F)(F)C(F)(F)C(F)(F)F. The van der Waals surface area contributed by atoms with Gasteiger partial charge in [-0.3, -0.25) is 9.59 Å². The quantitative estimate of drug-likeness (QED) is 0.539. The second-order valence-electron chi connectivity index (χ2n) is 5.82. The monoisotopic (exact) mass is 510 g/mol. The molecule has 0 saturated carbocycles. The molecule has 6 nitrogen and oxygen atoms in total. The summed E-state index contributed by atoms with van der Waals surface area (Å²) in [5.41, 5.74) is 0. The van der Waals surface area contributed by atoms with Crippen molar-refractivity contribution in [1.29, 1.82) is 0 Å². The highest BCUT2D eigenvalue weighted by atomic mass is 19.4. The van der Waals surface area contributed by atoms with Crippen LogP contribution in [0, 0.1) is 0 Å². The van der Waals surface area contributed by atoms with Gasteiger partial charge in [-0.15, -0.1) is 0 Å². The second-order valence-corrected chi connectivity index (χ2v) is 5.82. The molecule has 0 spiro atoms. The van der Waals surface area contributed by atoms with E-state index in [1.807, 2.05) is 0 Å². The Balaban J connectivity index is 3.07. The van der Waals surface area contributed by atoms with Crippen LogP contribution in [0.4, 0.5) is 61.5 Å². The van der Waals surface area contributed by atoms with E-state index in [0.29, 0.717) is 10.6 Å². The molecule has 1 rings (SSSR count). The number of hydrogen-bond acceptors (Lipinski definition) is 4. The standard InChI is InChI=1S/C12H8F14N2O4/c13-7(14,9(17,18)11(21,22)23)5(29)27-3-4(32-2-1-31-3)28-6(30)8(15,16)10(19,20)12(24,25)26/h3-4H,1-2H2,(H,27,29)(H,28,30)/t3-,4-/m1/s1. The Bertz CT molecular complexity index is 659. The van der Waals surface area contributed by atoms with Crippen molar-refractivity contribution in [3.8, 4) is 0 Å². The number of alkyl halides is 14. The highest BCUT2D eigenvalue weighted by Crippen LogP contribution is 2.47. The lowest BCUT2D eigenvalue weighted by Gasteiger charge is -2.35. The van der Waals surface area contributed by atoms with Crippen molar-refractivity contribution in [2.24, 2.45) is 0 Å². The van der Waals surface area contributed by atoms with E-state index >= 15 is 0 Å². The first kappa shape index (κ1) is 27.9. The summed E-state index contributed by atoms with van der Waals surface area (Å²) >= 11 is 0. The third-order valence-electron chi connectivity index (χ3n) is 3.57. The second kappa shape index (κ2) is 8.34. The molecular weight excluding hydrogens is 502 g/mol. The van der Waals surface area contributed by atoms with Gasteiger partial charge in [-0.25, -0.2) is 0 Å². The maximum absolute atomic E-state index is 13.3. The highest BCUT2D eigenvalue weighted by molar-refractivity contribution is 5.86. The van der Waals surface area contributed by atoms with Crippen LogP contribution in [0.15, 0.2) is 0 Å². The molecule has 0 radical (unpaired) electrons. The van der Waals surface area contributed by atoms with Crippen molar-refractivity contribution >= 4 is 11.8 Å². The first-order chi connectivity index (χ1) is 14.0. The van der Waals surface area contributed by atoms with Crippen LogP contribution in [0.5, 0.6) is 0 Å². The molecule has 1 aliphatic rings. The summed E-state index contributed by atoms with van der Waals surface area (Å²) in [5, 5.41) is 1.26. The third kappa shape index (κ3) is 4.79. The van der Waals surface area contributed by atoms with E-state index in [4.69, 9.17) is 0 Å². The molecule has 32 heavy (non-hydrogen) atoms. The number of amides is 2. The molecule has 2 atom stereocenters. The lowest BCUT2D eigenvalue weighted by atomic mass is 10.1. The Morgan fingerprint density at radius 1 is 0.562 bits per heavy atom. The zero-order valence-corrected chi connectivity index (χ0v) is 14.5. The van der Waals surface area contributed by atoms with Crippen LogP contribution in [0.3, 0.4) is 0 Å². The smallest absolute Gasteiger partial charge is 0.351 e. The average Bonchev–Trinajstić information content (AvgIpc) is 2.60. The Labute approximate surface area is 166 Å². The summed E-state index contributed by atoms with van der Waals surface area (Å²) in [7, 11) is 0. The van der Waals surface area contributed by atoms with Gasteiger partial charge in [-0.1, -0.05) is 0 Å². The van der Waals surface area contributed by atoms with Gasteiger partial charge in [0.1, 0.15) is 0 Å². The summed E-state index contributed by atoms with van der Waals surface area (Å²) in [6, 6.07) is 0. The number of nitrogens with one attached hydrogen (secondary N) is 2. The van der Waals surface area contributed by atoms with Crippen molar-refractivity contribution < 1.29 is 80.5 Å². The van der Waals surface area contributed by atoms with Crippen molar-refractivity contribution in [3.05, 3.63) is 0 Å². The van der Waals surface area contributed by atoms with Crippen LogP contribution in [0.1, 0.15) is 0 Å². The fourth-order valence-electron chi connectivity index (χ4n) is 1.84. The van der Waals surface area contributed by atoms with Crippen LogP contribution < -0.4 is 10.6 Å². The summed E-state index contributed by atoms with van der Waals surface area (Å²) in [4.78, 5) is 22.5. The van der Waals surface area contributed by atoms with Gasteiger partial charge in [0.2, 0.25) is 0 Å². The van der Waals surface area contributed by atoms with Crippen molar-refractivity contribution in [2.45, 2.75) is 48.5 Å². The van der Waals surface area contributed by atoms with E-state index in [0.717, 1.165) is 0 Å². The zero-order chi connectivity index (χ0) is 25.6. The number of rotatable bonds is 6. The Kier molecular flexibility index (Phi) is 7.28. The van der Waals surface area contributed by atoms with Gasteiger partial charge in [0, 0.05) is 0 Å². The summed E-state index contributed by atoms with van der Waals surface area (Å²) in [6.45, 7) is -1.62. The maximum atomic E-state index is 13.3. The van der Waals surface area contributed by atoms with Gasteiger partial charge < -0.3 is 20.1 Å². The van der Waals surface area contributed by atoms with Crippen molar-refractivity contribution in [3.63, 3.8) is 0 Å². The molecule has 0 unspecified atom stereocenters. The van der Waals surface area contributed by atoms with Gasteiger partial charge in [0.05, 0.1) is 13.2 Å². The fourth-order valence-corrected chi connectivity index (χ4v) is 1.84. The largest absolute Gasteiger partial charge is 0.460 e. The molecule has 0 aromatic carbocycles. The van der Waals surface area contributed by atoms with Gasteiger partial charge in [-0.2, -0.15) is 61.5 Å². The average molecular weight is 510 g/mol. The molecular formula is C12H8F14N2O4. The van der Waals surface area contributed by atoms with E-state index in [-0.39, 0.29) is 0 Å². The van der Waals surface area contributed by atoms with Crippen LogP contribution in [-0.2, 0) is 19.1 Å². The van der Waals surface area contributed by atoms with E-state index in [2.05, 4.69) is 9.47 Å². The normalized spacial score (nSPS) is 21.8. The first-order valence-corrected chi connectivity index (χ1v) is 7.51. The van der Waals surface area contributed by atoms with Gasteiger partial charge in [-0.05, 0) is 0 Å². The fraction of sp³-hybridized carbons (Fsp3) is 0.833. The minimum absolute atomic E-state index is 0.628. The molecule has 1 fully saturated rings. The number of carbonyl (C=O) groups excluding carboxylic acids is 2.